The summed E-state index contributed by atoms with van der Waals surface area (Å²) in [6.45, 7) is 3.66. The first-order valence-electron chi connectivity index (χ1n) is 3.57. The van der Waals surface area contributed by atoms with Gasteiger partial charge in [-0.05, 0) is 13.8 Å². The standard InChI is InChI=1S/C7H8ClNO3S/c1-3(2)12-7-9-5(8)4(13-7)6(10)11/h3H,1-2H3,(H,10,11). The number of hydrogen-bond acceptors (Lipinski definition) is 4. The Bertz CT molecular complexity index is 324. The van der Waals surface area contributed by atoms with Crippen LogP contribution >= 0.6 is 22.9 Å². The highest BCUT2D eigenvalue weighted by Gasteiger charge is 2.16. The molecule has 13 heavy (non-hydrogen) atoms. The summed E-state index contributed by atoms with van der Waals surface area (Å²) in [6.07, 6.45) is -0.0381. The number of halogens is 1. The van der Waals surface area contributed by atoms with Gasteiger partial charge >= 0.3 is 5.97 Å². The third-order valence-electron chi connectivity index (χ3n) is 1.10. The zero-order valence-electron chi connectivity index (χ0n) is 7.07. The van der Waals surface area contributed by atoms with Crippen molar-refractivity contribution < 1.29 is 14.6 Å². The highest BCUT2D eigenvalue weighted by Crippen LogP contribution is 2.29. The Kier molecular flexibility index (Phi) is 3.11. The van der Waals surface area contributed by atoms with Crippen molar-refractivity contribution in [2.45, 2.75) is 20.0 Å². The number of aromatic nitrogens is 1. The molecule has 72 valence electrons. The molecule has 0 aliphatic rings. The van der Waals surface area contributed by atoms with Crippen LogP contribution in [0.25, 0.3) is 0 Å². The molecule has 0 unspecified atom stereocenters. The minimum atomic E-state index is -1.08. The van der Waals surface area contributed by atoms with E-state index in [1.54, 1.807) is 0 Å². The summed E-state index contributed by atoms with van der Waals surface area (Å²) in [7, 11) is 0. The molecule has 1 rings (SSSR count). The molecule has 6 heteroatoms. The van der Waals surface area contributed by atoms with Gasteiger partial charge in [0, 0.05) is 0 Å². The molecule has 0 amide bonds. The Morgan fingerprint density at radius 3 is 2.69 bits per heavy atom. The fourth-order valence-electron chi connectivity index (χ4n) is 0.667. The molecule has 0 saturated carbocycles. The van der Waals surface area contributed by atoms with Gasteiger partial charge in [0.2, 0.25) is 0 Å². The molecular formula is C7H8ClNO3S. The second-order valence-corrected chi connectivity index (χ2v) is 3.89. The van der Waals surface area contributed by atoms with E-state index >= 15 is 0 Å². The number of hydrogen-bond donors (Lipinski definition) is 1. The second kappa shape index (κ2) is 3.93. The van der Waals surface area contributed by atoms with E-state index in [0.29, 0.717) is 0 Å². The Morgan fingerprint density at radius 1 is 1.69 bits per heavy atom. The molecule has 0 spiro atoms. The van der Waals surface area contributed by atoms with Gasteiger partial charge < -0.3 is 9.84 Å². The van der Waals surface area contributed by atoms with Crippen molar-refractivity contribution in [1.82, 2.24) is 4.98 Å². The van der Waals surface area contributed by atoms with Crippen LogP contribution in [0.2, 0.25) is 5.15 Å². The quantitative estimate of drug-likeness (QED) is 0.851. The second-order valence-electron chi connectivity index (χ2n) is 2.57. The monoisotopic (exact) mass is 221 g/mol. The lowest BCUT2D eigenvalue weighted by atomic mass is 10.5. The average Bonchev–Trinajstić information content (AvgIpc) is 2.29. The Balaban J connectivity index is 2.89. The van der Waals surface area contributed by atoms with E-state index in [1.807, 2.05) is 13.8 Å². The van der Waals surface area contributed by atoms with Crippen LogP contribution in [0.1, 0.15) is 23.5 Å². The van der Waals surface area contributed by atoms with Gasteiger partial charge in [-0.25, -0.2) is 4.79 Å². The first-order valence-corrected chi connectivity index (χ1v) is 4.76. The molecule has 4 nitrogen and oxygen atoms in total. The van der Waals surface area contributed by atoms with Gasteiger partial charge in [0.25, 0.3) is 5.19 Å². The first kappa shape index (κ1) is 10.3. The van der Waals surface area contributed by atoms with Gasteiger partial charge in [0.05, 0.1) is 6.10 Å². The Labute approximate surface area is 84.1 Å². The molecule has 0 aromatic carbocycles. The molecule has 0 bridgehead atoms. The minimum absolute atomic E-state index is 0.0114. The zero-order chi connectivity index (χ0) is 10.0. The van der Waals surface area contributed by atoms with Gasteiger partial charge in [-0.2, -0.15) is 4.98 Å². The summed E-state index contributed by atoms with van der Waals surface area (Å²) in [5.41, 5.74) is 0. The fourth-order valence-corrected chi connectivity index (χ4v) is 1.76. The zero-order valence-corrected chi connectivity index (χ0v) is 8.65. The van der Waals surface area contributed by atoms with E-state index in [9.17, 15) is 4.79 Å². The van der Waals surface area contributed by atoms with Gasteiger partial charge in [-0.1, -0.05) is 22.9 Å². The van der Waals surface area contributed by atoms with Crippen molar-refractivity contribution in [2.24, 2.45) is 0 Å². The number of carboxylic acid groups (broad SMARTS) is 1. The normalized spacial score (nSPS) is 10.5. The van der Waals surface area contributed by atoms with Crippen molar-refractivity contribution in [1.29, 1.82) is 0 Å². The smallest absolute Gasteiger partial charge is 0.349 e. The molecule has 0 aliphatic carbocycles. The number of carbonyl (C=O) groups is 1. The van der Waals surface area contributed by atoms with Crippen LogP contribution in [0.4, 0.5) is 0 Å². The molecule has 0 aliphatic heterocycles. The number of nitrogens with zero attached hydrogens (tertiary/aromatic N) is 1. The van der Waals surface area contributed by atoms with Crippen LogP contribution in [0.5, 0.6) is 5.19 Å². The van der Waals surface area contributed by atoms with Gasteiger partial charge in [-0.3, -0.25) is 0 Å². The fraction of sp³-hybridized carbons (Fsp3) is 0.429. The molecule has 1 aromatic rings. The molecular weight excluding hydrogens is 214 g/mol. The third kappa shape index (κ3) is 2.57. The minimum Gasteiger partial charge on any atom is -0.477 e. The summed E-state index contributed by atoms with van der Waals surface area (Å²) in [4.78, 5) is 14.3. The number of ether oxygens (including phenoxy) is 1. The molecule has 1 N–H and O–H groups in total. The maximum atomic E-state index is 10.6. The summed E-state index contributed by atoms with van der Waals surface area (Å²) in [6, 6.07) is 0. The van der Waals surface area contributed by atoms with Gasteiger partial charge in [0.1, 0.15) is 0 Å². The van der Waals surface area contributed by atoms with Crippen molar-refractivity contribution in [3.05, 3.63) is 10.0 Å². The van der Waals surface area contributed by atoms with Crippen LogP contribution in [0.3, 0.4) is 0 Å². The Hall–Kier alpha value is -0.810. The number of rotatable bonds is 3. The lowest BCUT2D eigenvalue weighted by Crippen LogP contribution is -2.04. The van der Waals surface area contributed by atoms with E-state index in [0.717, 1.165) is 11.3 Å². The van der Waals surface area contributed by atoms with Crippen molar-refractivity contribution >= 4 is 28.9 Å². The predicted octanol–water partition coefficient (Wildman–Crippen LogP) is 2.28. The molecule has 0 saturated heterocycles. The van der Waals surface area contributed by atoms with Crippen LogP contribution < -0.4 is 4.74 Å². The summed E-state index contributed by atoms with van der Waals surface area (Å²) in [5.74, 6) is -1.08. The molecule has 0 radical (unpaired) electrons. The lowest BCUT2D eigenvalue weighted by molar-refractivity contribution is 0.0702. The maximum absolute atomic E-state index is 10.6. The van der Waals surface area contributed by atoms with E-state index in [-0.39, 0.29) is 21.3 Å². The van der Waals surface area contributed by atoms with Crippen molar-refractivity contribution in [2.75, 3.05) is 0 Å². The number of thiazole rings is 1. The predicted molar refractivity (Wildman–Crippen MR) is 49.8 cm³/mol. The maximum Gasteiger partial charge on any atom is 0.349 e. The topological polar surface area (TPSA) is 59.4 Å². The van der Waals surface area contributed by atoms with E-state index in [4.69, 9.17) is 21.4 Å². The average molecular weight is 222 g/mol. The molecule has 1 aromatic heterocycles. The van der Waals surface area contributed by atoms with Gasteiger partial charge in [0.15, 0.2) is 10.0 Å². The summed E-state index contributed by atoms with van der Waals surface area (Å²) >= 11 is 6.49. The van der Waals surface area contributed by atoms with Crippen LogP contribution in [0.15, 0.2) is 0 Å². The summed E-state index contributed by atoms with van der Waals surface area (Å²) in [5, 5.41) is 8.91. The van der Waals surface area contributed by atoms with E-state index in [1.165, 1.54) is 0 Å². The van der Waals surface area contributed by atoms with Crippen molar-refractivity contribution in [3.8, 4) is 5.19 Å². The highest BCUT2D eigenvalue weighted by atomic mass is 35.5. The lowest BCUT2D eigenvalue weighted by Gasteiger charge is -2.03. The van der Waals surface area contributed by atoms with E-state index < -0.39 is 5.97 Å². The van der Waals surface area contributed by atoms with Crippen LogP contribution in [0, 0.1) is 0 Å². The van der Waals surface area contributed by atoms with Crippen LogP contribution in [-0.2, 0) is 0 Å². The third-order valence-corrected chi connectivity index (χ3v) is 2.42. The molecule has 0 atom stereocenters. The number of carboxylic acids is 1. The van der Waals surface area contributed by atoms with Crippen molar-refractivity contribution in [3.63, 3.8) is 0 Å². The number of aromatic carboxylic acids is 1. The molecule has 0 fully saturated rings. The Morgan fingerprint density at radius 2 is 2.31 bits per heavy atom. The van der Waals surface area contributed by atoms with Crippen LogP contribution in [-0.4, -0.2) is 22.2 Å². The largest absolute Gasteiger partial charge is 0.477 e. The first-order chi connectivity index (χ1) is 6.00. The van der Waals surface area contributed by atoms with Gasteiger partial charge in [-0.15, -0.1) is 0 Å². The summed E-state index contributed by atoms with van der Waals surface area (Å²) < 4.78 is 5.19. The van der Waals surface area contributed by atoms with E-state index in [2.05, 4.69) is 4.98 Å². The molecule has 1 heterocycles. The highest BCUT2D eigenvalue weighted by molar-refractivity contribution is 7.15. The SMILES string of the molecule is CC(C)Oc1nc(Cl)c(C(=O)O)s1.